The maximum Gasteiger partial charge on any atom is 0.179 e. The van der Waals surface area contributed by atoms with Crippen LogP contribution in [0.2, 0.25) is 0 Å². The van der Waals surface area contributed by atoms with Crippen LogP contribution in [-0.2, 0) is 6.42 Å². The monoisotopic (exact) mass is 409 g/mol. The molecule has 2 fully saturated rings. The van der Waals surface area contributed by atoms with Crippen LogP contribution in [-0.4, -0.2) is 33.7 Å². The molecule has 0 radical (unpaired) electrons. The Morgan fingerprint density at radius 1 is 1.23 bits per heavy atom. The standard InChI is InChI=1S/C26H27N5/c1-19(28-26-13-7-11-22(26)16-31(17-26)18-27)24-15-25(30-29-24)23-12-6-5-10-21(23)14-20-8-3-2-4-9-20/h2-6,8-10,12,15,22,28H,1,7,11,13-14,16-17H2,(H,29,30)/t22-,26-/m0/s1. The van der Waals surface area contributed by atoms with E-state index in [9.17, 15) is 5.26 Å². The molecule has 5 nitrogen and oxygen atoms in total. The first-order valence-corrected chi connectivity index (χ1v) is 11.0. The second kappa shape index (κ2) is 7.96. The van der Waals surface area contributed by atoms with Gasteiger partial charge in [0, 0.05) is 18.0 Å². The molecule has 2 atom stereocenters. The molecular formula is C26H27N5. The van der Waals surface area contributed by atoms with E-state index in [4.69, 9.17) is 0 Å². The van der Waals surface area contributed by atoms with Crippen molar-refractivity contribution in [2.45, 2.75) is 31.2 Å². The van der Waals surface area contributed by atoms with E-state index >= 15 is 0 Å². The first-order chi connectivity index (χ1) is 15.2. The Labute approximate surface area is 183 Å². The van der Waals surface area contributed by atoms with Gasteiger partial charge in [-0.3, -0.25) is 5.10 Å². The average Bonchev–Trinajstić information content (AvgIpc) is 3.49. The molecule has 0 bridgehead atoms. The number of hydrogen-bond acceptors (Lipinski definition) is 4. The van der Waals surface area contributed by atoms with Crippen LogP contribution in [0, 0.1) is 17.4 Å². The molecule has 5 heteroatoms. The maximum absolute atomic E-state index is 9.36. The van der Waals surface area contributed by atoms with Gasteiger partial charge in [-0.25, -0.2) is 0 Å². The lowest BCUT2D eigenvalue weighted by molar-refractivity contribution is 0.341. The van der Waals surface area contributed by atoms with Crippen LogP contribution in [0.1, 0.15) is 36.1 Å². The predicted octanol–water partition coefficient (Wildman–Crippen LogP) is 4.56. The zero-order valence-corrected chi connectivity index (χ0v) is 17.6. The van der Waals surface area contributed by atoms with E-state index in [0.717, 1.165) is 55.0 Å². The second-order valence-corrected chi connectivity index (χ2v) is 8.82. The summed E-state index contributed by atoms with van der Waals surface area (Å²) in [6, 6.07) is 21.1. The van der Waals surface area contributed by atoms with Crippen molar-refractivity contribution in [3.8, 4) is 17.5 Å². The highest BCUT2D eigenvalue weighted by Gasteiger charge is 2.49. The Morgan fingerprint density at radius 3 is 2.87 bits per heavy atom. The number of rotatable bonds is 6. The van der Waals surface area contributed by atoms with Crippen molar-refractivity contribution in [3.63, 3.8) is 0 Å². The van der Waals surface area contributed by atoms with Crippen molar-refractivity contribution in [1.29, 1.82) is 5.26 Å². The molecule has 2 aliphatic rings. The Balaban J connectivity index is 1.36. The molecule has 1 aliphatic heterocycles. The van der Waals surface area contributed by atoms with Gasteiger partial charge in [0.05, 0.1) is 23.5 Å². The number of likely N-dealkylation sites (tertiary alicyclic amines) is 1. The van der Waals surface area contributed by atoms with Gasteiger partial charge in [0.25, 0.3) is 0 Å². The number of aromatic amines is 1. The number of nitriles is 1. The van der Waals surface area contributed by atoms with Gasteiger partial charge in [-0.15, -0.1) is 0 Å². The minimum absolute atomic E-state index is 0.0584. The van der Waals surface area contributed by atoms with Crippen LogP contribution >= 0.6 is 0 Å². The number of fused-ring (bicyclic) bond motifs is 1. The second-order valence-electron chi connectivity index (χ2n) is 8.82. The van der Waals surface area contributed by atoms with Crippen LogP contribution < -0.4 is 5.32 Å². The summed E-state index contributed by atoms with van der Waals surface area (Å²) in [4.78, 5) is 1.87. The number of nitrogens with one attached hydrogen (secondary N) is 2. The smallest absolute Gasteiger partial charge is 0.179 e. The summed E-state index contributed by atoms with van der Waals surface area (Å²) in [6.45, 7) is 5.89. The Kier molecular flexibility index (Phi) is 4.99. The summed E-state index contributed by atoms with van der Waals surface area (Å²) in [5.41, 5.74) is 6.31. The summed E-state index contributed by atoms with van der Waals surface area (Å²) in [5, 5.41) is 20.8. The van der Waals surface area contributed by atoms with Crippen LogP contribution in [0.25, 0.3) is 17.0 Å². The van der Waals surface area contributed by atoms with E-state index in [-0.39, 0.29) is 5.54 Å². The summed E-state index contributed by atoms with van der Waals surface area (Å²) in [7, 11) is 0. The van der Waals surface area contributed by atoms with E-state index in [1.165, 1.54) is 17.5 Å². The molecule has 1 aliphatic carbocycles. The summed E-state index contributed by atoms with van der Waals surface area (Å²) in [5.74, 6) is 0.494. The molecule has 156 valence electrons. The van der Waals surface area contributed by atoms with Gasteiger partial charge in [0.1, 0.15) is 5.69 Å². The molecule has 0 amide bonds. The zero-order chi connectivity index (χ0) is 21.3. The van der Waals surface area contributed by atoms with E-state index < -0.39 is 0 Å². The predicted molar refractivity (Wildman–Crippen MR) is 123 cm³/mol. The Bertz CT molecular complexity index is 1130. The van der Waals surface area contributed by atoms with Crippen molar-refractivity contribution >= 4 is 5.70 Å². The quantitative estimate of drug-likeness (QED) is 0.586. The highest BCUT2D eigenvalue weighted by atomic mass is 15.2. The van der Waals surface area contributed by atoms with Crippen LogP contribution in [0.4, 0.5) is 0 Å². The summed E-state index contributed by atoms with van der Waals surface area (Å²) >= 11 is 0. The van der Waals surface area contributed by atoms with Crippen LogP contribution in [0.5, 0.6) is 0 Å². The first-order valence-electron chi connectivity index (χ1n) is 11.0. The molecule has 2 N–H and O–H groups in total. The highest BCUT2D eigenvalue weighted by Crippen LogP contribution is 2.42. The minimum atomic E-state index is -0.0584. The molecule has 0 unspecified atom stereocenters. The number of H-pyrrole nitrogens is 1. The number of hydrogen-bond donors (Lipinski definition) is 2. The lowest BCUT2D eigenvalue weighted by Crippen LogP contribution is -2.47. The van der Waals surface area contributed by atoms with Gasteiger partial charge in [0.2, 0.25) is 0 Å². The fraction of sp³-hybridized carbons (Fsp3) is 0.308. The van der Waals surface area contributed by atoms with Crippen LogP contribution in [0.3, 0.4) is 0 Å². The first kappa shape index (κ1) is 19.4. The molecule has 0 spiro atoms. The largest absolute Gasteiger partial charge is 0.376 e. The van der Waals surface area contributed by atoms with Crippen LogP contribution in [0.15, 0.2) is 67.2 Å². The summed E-state index contributed by atoms with van der Waals surface area (Å²) in [6.07, 6.45) is 6.63. The van der Waals surface area contributed by atoms with Gasteiger partial charge in [-0.1, -0.05) is 67.6 Å². The van der Waals surface area contributed by atoms with Crippen molar-refractivity contribution in [3.05, 3.63) is 84.1 Å². The molecule has 2 heterocycles. The van der Waals surface area contributed by atoms with Gasteiger partial charge in [-0.2, -0.15) is 10.4 Å². The van der Waals surface area contributed by atoms with E-state index in [1.807, 2.05) is 11.0 Å². The van der Waals surface area contributed by atoms with Crippen molar-refractivity contribution in [1.82, 2.24) is 20.4 Å². The lowest BCUT2D eigenvalue weighted by atomic mass is 9.90. The molecule has 2 aromatic carbocycles. The highest BCUT2D eigenvalue weighted by molar-refractivity contribution is 5.69. The number of aromatic nitrogens is 2. The molecule has 3 aromatic rings. The molecular weight excluding hydrogens is 382 g/mol. The SMILES string of the molecule is C=C(N[C@]12CCC[C@H]1CN(C#N)C2)c1cc(-c2ccccc2Cc2ccccc2)[nH]n1. The molecule has 1 saturated heterocycles. The van der Waals surface area contributed by atoms with Crippen molar-refractivity contribution < 1.29 is 0 Å². The van der Waals surface area contributed by atoms with Gasteiger partial charge < -0.3 is 10.2 Å². The molecule has 1 aromatic heterocycles. The fourth-order valence-electron chi connectivity index (χ4n) is 5.30. The number of nitrogens with zero attached hydrogens (tertiary/aromatic N) is 3. The van der Waals surface area contributed by atoms with Crippen molar-refractivity contribution in [2.24, 2.45) is 5.92 Å². The van der Waals surface area contributed by atoms with Crippen molar-refractivity contribution in [2.75, 3.05) is 13.1 Å². The topological polar surface area (TPSA) is 67.7 Å². The van der Waals surface area contributed by atoms with Gasteiger partial charge >= 0.3 is 0 Å². The van der Waals surface area contributed by atoms with E-state index in [1.54, 1.807) is 0 Å². The fourth-order valence-corrected chi connectivity index (χ4v) is 5.30. The van der Waals surface area contributed by atoms with Gasteiger partial charge in [0.15, 0.2) is 6.19 Å². The molecule has 5 rings (SSSR count). The maximum atomic E-state index is 9.36. The van der Waals surface area contributed by atoms with E-state index in [2.05, 4.69) is 82.9 Å². The Hall–Kier alpha value is -3.52. The number of benzene rings is 2. The summed E-state index contributed by atoms with van der Waals surface area (Å²) < 4.78 is 0. The third kappa shape index (κ3) is 3.70. The third-order valence-corrected chi connectivity index (χ3v) is 6.84. The van der Waals surface area contributed by atoms with E-state index in [0.29, 0.717) is 5.92 Å². The van der Waals surface area contributed by atoms with Gasteiger partial charge in [-0.05, 0) is 36.5 Å². The Morgan fingerprint density at radius 2 is 2.03 bits per heavy atom. The molecule has 31 heavy (non-hydrogen) atoms. The normalized spacial score (nSPS) is 22.2. The third-order valence-electron chi connectivity index (χ3n) is 6.84. The average molecular weight is 410 g/mol. The lowest BCUT2D eigenvalue weighted by Gasteiger charge is -2.31. The molecule has 1 saturated carbocycles. The zero-order valence-electron chi connectivity index (χ0n) is 17.6. The minimum Gasteiger partial charge on any atom is -0.376 e.